The molecule has 0 unspecified atom stereocenters. The summed E-state index contributed by atoms with van der Waals surface area (Å²) in [5.41, 5.74) is 0. The molecule has 1 aromatic carbocycles. The number of halogens is 1. The zero-order valence-electron chi connectivity index (χ0n) is 11.9. The van der Waals surface area contributed by atoms with Gasteiger partial charge in [0, 0.05) is 19.3 Å². The lowest BCUT2D eigenvalue weighted by Gasteiger charge is -2.24. The molecule has 0 N–H and O–H groups in total. The van der Waals surface area contributed by atoms with Gasteiger partial charge >= 0.3 is 0 Å². The molecule has 1 aliphatic rings. The second kappa shape index (κ2) is 5.87. The fourth-order valence-electron chi connectivity index (χ4n) is 2.53. The van der Waals surface area contributed by atoms with Crippen LogP contribution in [0.15, 0.2) is 28.0 Å². The van der Waals surface area contributed by atoms with Crippen molar-refractivity contribution in [3.63, 3.8) is 0 Å². The van der Waals surface area contributed by atoms with E-state index in [1.165, 1.54) is 23.5 Å². The quantitative estimate of drug-likeness (QED) is 0.834. The van der Waals surface area contributed by atoms with Crippen molar-refractivity contribution in [2.45, 2.75) is 41.5 Å². The summed E-state index contributed by atoms with van der Waals surface area (Å²) in [6, 6.07) is 3.71. The Morgan fingerprint density at radius 2 is 1.71 bits per heavy atom. The van der Waals surface area contributed by atoms with E-state index in [4.69, 9.17) is 11.6 Å². The summed E-state index contributed by atoms with van der Waals surface area (Å²) in [5, 5.41) is 0.0345. The highest BCUT2D eigenvalue weighted by Gasteiger charge is 2.32. The number of hydrogen-bond acceptors (Lipinski definition) is 4. The average molecular weight is 352 g/mol. The summed E-state index contributed by atoms with van der Waals surface area (Å²) >= 11 is 5.98. The van der Waals surface area contributed by atoms with Crippen molar-refractivity contribution in [3.05, 3.63) is 23.2 Å². The van der Waals surface area contributed by atoms with Gasteiger partial charge in [0.2, 0.25) is 10.0 Å². The van der Waals surface area contributed by atoms with Crippen molar-refractivity contribution < 1.29 is 16.8 Å². The van der Waals surface area contributed by atoms with Crippen molar-refractivity contribution >= 4 is 31.5 Å². The molecule has 8 heteroatoms. The maximum atomic E-state index is 12.7. The number of rotatable bonds is 4. The number of benzene rings is 1. The molecule has 0 heterocycles. The summed E-state index contributed by atoms with van der Waals surface area (Å²) < 4.78 is 49.8. The van der Waals surface area contributed by atoms with Crippen molar-refractivity contribution in [1.82, 2.24) is 4.31 Å². The molecule has 1 aromatic rings. The Kier molecular flexibility index (Phi) is 4.68. The fraction of sp³-hybridized carbons (Fsp3) is 0.538. The van der Waals surface area contributed by atoms with Crippen molar-refractivity contribution in [1.29, 1.82) is 0 Å². The molecule has 0 atom stereocenters. The molecule has 0 bridgehead atoms. The molecule has 0 aromatic heterocycles. The summed E-state index contributed by atoms with van der Waals surface area (Å²) in [4.78, 5) is -0.202. The van der Waals surface area contributed by atoms with Gasteiger partial charge in [-0.2, -0.15) is 4.31 Å². The molecule has 21 heavy (non-hydrogen) atoms. The third-order valence-electron chi connectivity index (χ3n) is 3.83. The molecule has 118 valence electrons. The lowest BCUT2D eigenvalue weighted by Crippen LogP contribution is -2.35. The Morgan fingerprint density at radius 3 is 2.24 bits per heavy atom. The van der Waals surface area contributed by atoms with E-state index in [1.807, 2.05) is 0 Å². The van der Waals surface area contributed by atoms with Gasteiger partial charge in [0.1, 0.15) is 4.90 Å². The summed E-state index contributed by atoms with van der Waals surface area (Å²) in [6.07, 6.45) is 4.68. The second-order valence-corrected chi connectivity index (χ2v) is 9.71. The summed E-state index contributed by atoms with van der Waals surface area (Å²) in [5.74, 6) is 0. The monoisotopic (exact) mass is 351 g/mol. The van der Waals surface area contributed by atoms with Crippen LogP contribution in [0.3, 0.4) is 0 Å². The van der Waals surface area contributed by atoms with Crippen LogP contribution in [-0.2, 0) is 19.9 Å². The first-order chi connectivity index (χ1) is 9.64. The molecule has 2 rings (SSSR count). The van der Waals surface area contributed by atoms with E-state index in [-0.39, 0.29) is 20.9 Å². The van der Waals surface area contributed by atoms with Gasteiger partial charge in [0.25, 0.3) is 0 Å². The van der Waals surface area contributed by atoms with Crippen LogP contribution >= 0.6 is 11.6 Å². The molecule has 1 saturated carbocycles. The molecule has 0 amide bonds. The van der Waals surface area contributed by atoms with Gasteiger partial charge in [-0.05, 0) is 31.0 Å². The Hall–Kier alpha value is -0.630. The summed E-state index contributed by atoms with van der Waals surface area (Å²) in [6.45, 7) is 0. The number of hydrogen-bond donors (Lipinski definition) is 0. The van der Waals surface area contributed by atoms with E-state index in [9.17, 15) is 16.8 Å². The van der Waals surface area contributed by atoms with Gasteiger partial charge < -0.3 is 0 Å². The first kappa shape index (κ1) is 16.7. The normalized spacial score (nSPS) is 17.5. The van der Waals surface area contributed by atoms with Gasteiger partial charge in [-0.1, -0.05) is 24.4 Å². The van der Waals surface area contributed by atoms with Gasteiger partial charge in [-0.25, -0.2) is 16.8 Å². The topological polar surface area (TPSA) is 71.5 Å². The molecular formula is C13H18ClNO4S2. The van der Waals surface area contributed by atoms with Crippen LogP contribution in [0.25, 0.3) is 0 Å². The number of sulfone groups is 1. The van der Waals surface area contributed by atoms with E-state index >= 15 is 0 Å². The van der Waals surface area contributed by atoms with E-state index < -0.39 is 19.9 Å². The molecular weight excluding hydrogens is 334 g/mol. The molecule has 5 nitrogen and oxygen atoms in total. The largest absolute Gasteiger partial charge is 0.244 e. The smallest absolute Gasteiger partial charge is 0.224 e. The second-order valence-electron chi connectivity index (χ2n) is 5.32. The van der Waals surface area contributed by atoms with Crippen LogP contribution in [0.1, 0.15) is 25.7 Å². The van der Waals surface area contributed by atoms with Crippen molar-refractivity contribution in [3.8, 4) is 0 Å². The Morgan fingerprint density at radius 1 is 1.14 bits per heavy atom. The Labute approximate surface area is 130 Å². The van der Waals surface area contributed by atoms with Crippen LogP contribution in [0.4, 0.5) is 0 Å². The van der Waals surface area contributed by atoms with Gasteiger partial charge in [0.15, 0.2) is 9.84 Å². The lowest BCUT2D eigenvalue weighted by atomic mass is 10.3. The first-order valence-corrected chi connectivity index (χ1v) is 10.3. The van der Waals surface area contributed by atoms with E-state index in [1.54, 1.807) is 0 Å². The maximum Gasteiger partial charge on any atom is 0.244 e. The SMILES string of the molecule is CN(C1CCCC1)S(=O)(=O)c1cc(S(C)(=O)=O)ccc1Cl. The van der Waals surface area contributed by atoms with Crippen LogP contribution in [0.5, 0.6) is 0 Å². The highest BCUT2D eigenvalue weighted by atomic mass is 35.5. The number of sulfonamides is 1. The highest BCUT2D eigenvalue weighted by Crippen LogP contribution is 2.31. The van der Waals surface area contributed by atoms with Crippen molar-refractivity contribution in [2.24, 2.45) is 0 Å². The van der Waals surface area contributed by atoms with Crippen LogP contribution in [0.2, 0.25) is 5.02 Å². The van der Waals surface area contributed by atoms with Gasteiger partial charge in [-0.3, -0.25) is 0 Å². The molecule has 0 spiro atoms. The number of nitrogens with zero attached hydrogens (tertiary/aromatic N) is 1. The summed E-state index contributed by atoms with van der Waals surface area (Å²) in [7, 11) is -5.77. The van der Waals surface area contributed by atoms with Gasteiger partial charge in [-0.15, -0.1) is 0 Å². The van der Waals surface area contributed by atoms with Gasteiger partial charge in [0.05, 0.1) is 9.92 Å². The highest BCUT2D eigenvalue weighted by molar-refractivity contribution is 7.91. The third kappa shape index (κ3) is 3.41. The predicted molar refractivity (Wildman–Crippen MR) is 81.8 cm³/mol. The zero-order valence-corrected chi connectivity index (χ0v) is 14.3. The molecule has 0 radical (unpaired) electrons. The van der Waals surface area contributed by atoms with E-state index in [0.29, 0.717) is 0 Å². The van der Waals surface area contributed by atoms with Crippen LogP contribution in [0, 0.1) is 0 Å². The van der Waals surface area contributed by atoms with E-state index in [0.717, 1.165) is 38.0 Å². The Bertz CT molecular complexity index is 737. The Balaban J connectivity index is 2.48. The van der Waals surface area contributed by atoms with Crippen molar-refractivity contribution in [2.75, 3.05) is 13.3 Å². The minimum atomic E-state index is -3.80. The average Bonchev–Trinajstić information content (AvgIpc) is 2.90. The van der Waals surface area contributed by atoms with Crippen LogP contribution < -0.4 is 0 Å². The minimum Gasteiger partial charge on any atom is -0.224 e. The van der Waals surface area contributed by atoms with Crippen LogP contribution in [-0.4, -0.2) is 40.5 Å². The fourth-order valence-corrected chi connectivity index (χ4v) is 5.17. The first-order valence-electron chi connectivity index (χ1n) is 6.61. The zero-order chi connectivity index (χ0) is 15.8. The maximum absolute atomic E-state index is 12.7. The third-order valence-corrected chi connectivity index (χ3v) is 7.33. The minimum absolute atomic E-state index is 0.0345. The molecule has 0 aliphatic heterocycles. The lowest BCUT2D eigenvalue weighted by molar-refractivity contribution is 0.373. The van der Waals surface area contributed by atoms with E-state index in [2.05, 4.69) is 0 Å². The molecule has 1 aliphatic carbocycles. The molecule has 0 saturated heterocycles. The standard InChI is InChI=1S/C13H18ClNO4S2/c1-15(10-5-3-4-6-10)21(18,19)13-9-11(20(2,16)17)7-8-12(13)14/h7-10H,3-6H2,1-2H3. The molecule has 1 fully saturated rings. The predicted octanol–water partition coefficient (Wildman–Crippen LogP) is 2.31.